The van der Waals surface area contributed by atoms with Gasteiger partial charge in [-0.15, -0.1) is 0 Å². The van der Waals surface area contributed by atoms with Gasteiger partial charge in [0.2, 0.25) is 11.7 Å². The molecule has 1 aliphatic rings. The summed E-state index contributed by atoms with van der Waals surface area (Å²) in [5, 5.41) is 10.0. The summed E-state index contributed by atoms with van der Waals surface area (Å²) >= 11 is 0. The van der Waals surface area contributed by atoms with Crippen molar-refractivity contribution in [3.63, 3.8) is 0 Å². The van der Waals surface area contributed by atoms with Crippen LogP contribution in [0.15, 0.2) is 59.1 Å². The van der Waals surface area contributed by atoms with Gasteiger partial charge >= 0.3 is 6.03 Å². The van der Waals surface area contributed by atoms with Gasteiger partial charge in [-0.05, 0) is 50.6 Å². The molecule has 0 spiro atoms. The fourth-order valence-electron chi connectivity index (χ4n) is 3.94. The number of anilines is 1. The van der Waals surface area contributed by atoms with E-state index in [1.54, 1.807) is 0 Å². The van der Waals surface area contributed by atoms with Gasteiger partial charge in [0, 0.05) is 18.3 Å². The van der Waals surface area contributed by atoms with Crippen molar-refractivity contribution in [2.45, 2.75) is 38.8 Å². The molecule has 8 heteroatoms. The van der Waals surface area contributed by atoms with Gasteiger partial charge in [0.05, 0.1) is 18.7 Å². The summed E-state index contributed by atoms with van der Waals surface area (Å²) in [4.78, 5) is 19.2. The van der Waals surface area contributed by atoms with E-state index in [4.69, 9.17) is 9.26 Å². The number of nitrogens with one attached hydrogen (secondary N) is 2. The van der Waals surface area contributed by atoms with Gasteiger partial charge in [0.1, 0.15) is 5.75 Å². The summed E-state index contributed by atoms with van der Waals surface area (Å²) in [5.41, 5.74) is 1.59. The summed E-state index contributed by atoms with van der Waals surface area (Å²) < 4.78 is 11.2. The van der Waals surface area contributed by atoms with Crippen LogP contribution >= 0.6 is 0 Å². The largest absolute Gasteiger partial charge is 0.493 e. The number of carbonyl (C=O) groups is 1. The summed E-state index contributed by atoms with van der Waals surface area (Å²) in [6.07, 6.45) is 3.26. The number of benzene rings is 2. The van der Waals surface area contributed by atoms with Crippen molar-refractivity contribution in [1.29, 1.82) is 0 Å². The molecule has 2 aromatic carbocycles. The minimum atomic E-state index is -0.200. The number of urea groups is 1. The van der Waals surface area contributed by atoms with Crippen LogP contribution in [0.4, 0.5) is 10.5 Å². The van der Waals surface area contributed by atoms with Crippen molar-refractivity contribution in [3.8, 4) is 17.1 Å². The standard InChI is InChI=1S/C24H29N5O3/c1-2-31-21-14-7-6-13-20(21)23-27-22(32-28-23)17-29-15-9-8-12-19(29)16-25-24(30)26-18-10-4-3-5-11-18/h3-7,10-11,13-14,19H,2,8-9,12,15-17H2,1H3,(H2,25,26,30). The van der Waals surface area contributed by atoms with Crippen molar-refractivity contribution in [1.82, 2.24) is 20.4 Å². The molecule has 1 fully saturated rings. The van der Waals surface area contributed by atoms with Gasteiger partial charge in [-0.25, -0.2) is 4.79 Å². The van der Waals surface area contributed by atoms with Crippen LogP contribution < -0.4 is 15.4 Å². The molecule has 4 rings (SSSR count). The summed E-state index contributed by atoms with van der Waals surface area (Å²) in [7, 11) is 0. The van der Waals surface area contributed by atoms with Crippen LogP contribution in [-0.2, 0) is 6.54 Å². The Morgan fingerprint density at radius 2 is 1.97 bits per heavy atom. The molecule has 8 nitrogen and oxygen atoms in total. The van der Waals surface area contributed by atoms with Crippen LogP contribution in [0.2, 0.25) is 0 Å². The highest BCUT2D eigenvalue weighted by molar-refractivity contribution is 5.89. The first-order valence-corrected chi connectivity index (χ1v) is 11.1. The lowest BCUT2D eigenvalue weighted by Gasteiger charge is -2.34. The molecule has 3 aromatic rings. The Labute approximate surface area is 188 Å². The molecule has 0 aliphatic carbocycles. The Balaban J connectivity index is 1.36. The molecule has 2 heterocycles. The maximum atomic E-state index is 12.3. The van der Waals surface area contributed by atoms with Gasteiger partial charge in [0.25, 0.3) is 0 Å². The van der Waals surface area contributed by atoms with Gasteiger partial charge in [-0.3, -0.25) is 4.90 Å². The zero-order chi connectivity index (χ0) is 22.2. The first-order chi connectivity index (χ1) is 15.7. The van der Waals surface area contributed by atoms with Crippen LogP contribution in [0.3, 0.4) is 0 Å². The number of rotatable bonds is 8. The van der Waals surface area contributed by atoms with E-state index in [0.717, 1.165) is 42.8 Å². The predicted molar refractivity (Wildman–Crippen MR) is 122 cm³/mol. The first kappa shape index (κ1) is 21.8. The van der Waals surface area contributed by atoms with E-state index >= 15 is 0 Å². The van der Waals surface area contributed by atoms with Gasteiger partial charge in [-0.1, -0.05) is 41.9 Å². The second kappa shape index (κ2) is 10.8. The van der Waals surface area contributed by atoms with Crippen LogP contribution in [0.25, 0.3) is 11.4 Å². The number of aromatic nitrogens is 2. The highest BCUT2D eigenvalue weighted by Gasteiger charge is 2.25. The third kappa shape index (κ3) is 5.64. The molecule has 1 aromatic heterocycles. The van der Waals surface area contributed by atoms with Crippen LogP contribution in [0.5, 0.6) is 5.75 Å². The molecule has 0 radical (unpaired) electrons. The van der Waals surface area contributed by atoms with Crippen LogP contribution in [-0.4, -0.2) is 46.8 Å². The third-order valence-corrected chi connectivity index (χ3v) is 5.51. The maximum absolute atomic E-state index is 12.3. The fourth-order valence-corrected chi connectivity index (χ4v) is 3.94. The number of amides is 2. The van der Waals surface area contributed by atoms with E-state index in [1.807, 2.05) is 61.5 Å². The highest BCUT2D eigenvalue weighted by atomic mass is 16.5. The molecular weight excluding hydrogens is 406 g/mol. The lowest BCUT2D eigenvalue weighted by Crippen LogP contribution is -2.47. The first-order valence-electron chi connectivity index (χ1n) is 11.1. The lowest BCUT2D eigenvalue weighted by atomic mass is 10.0. The summed E-state index contributed by atoms with van der Waals surface area (Å²) in [5.74, 6) is 1.83. The zero-order valence-corrected chi connectivity index (χ0v) is 18.3. The molecule has 2 N–H and O–H groups in total. The molecular formula is C24H29N5O3. The Bertz CT molecular complexity index is 1010. The van der Waals surface area contributed by atoms with Gasteiger partial charge in [0.15, 0.2) is 0 Å². The monoisotopic (exact) mass is 435 g/mol. The quantitative estimate of drug-likeness (QED) is 0.548. The van der Waals surface area contributed by atoms with Crippen LogP contribution in [0, 0.1) is 0 Å². The number of ether oxygens (including phenoxy) is 1. The van der Waals surface area contributed by atoms with Crippen LogP contribution in [0.1, 0.15) is 32.1 Å². The Hall–Kier alpha value is -3.39. The Kier molecular flexibility index (Phi) is 7.34. The number of piperidine rings is 1. The van der Waals surface area contributed by atoms with Crippen molar-refractivity contribution < 1.29 is 14.1 Å². The smallest absolute Gasteiger partial charge is 0.319 e. The van der Waals surface area contributed by atoms with E-state index in [2.05, 4.69) is 25.7 Å². The molecule has 2 amide bonds. The zero-order valence-electron chi connectivity index (χ0n) is 18.3. The maximum Gasteiger partial charge on any atom is 0.319 e. The van der Waals surface area contributed by atoms with E-state index in [9.17, 15) is 4.79 Å². The lowest BCUT2D eigenvalue weighted by molar-refractivity contribution is 0.123. The molecule has 0 bridgehead atoms. The molecule has 1 unspecified atom stereocenters. The molecule has 1 atom stereocenters. The summed E-state index contributed by atoms with van der Waals surface area (Å²) in [6, 6.07) is 17.1. The van der Waals surface area contributed by atoms with Crippen molar-refractivity contribution in [3.05, 3.63) is 60.5 Å². The Morgan fingerprint density at radius 3 is 2.81 bits per heavy atom. The van der Waals surface area contributed by atoms with Gasteiger partial charge in [-0.2, -0.15) is 4.98 Å². The number of para-hydroxylation sites is 2. The topological polar surface area (TPSA) is 92.5 Å². The highest BCUT2D eigenvalue weighted by Crippen LogP contribution is 2.28. The number of carbonyl (C=O) groups excluding carboxylic acids is 1. The SMILES string of the molecule is CCOc1ccccc1-c1noc(CN2CCCCC2CNC(=O)Nc2ccccc2)n1. The fraction of sp³-hybridized carbons (Fsp3) is 0.375. The normalized spacial score (nSPS) is 16.5. The minimum absolute atomic E-state index is 0.200. The van der Waals surface area contributed by atoms with E-state index in [1.165, 1.54) is 0 Å². The minimum Gasteiger partial charge on any atom is -0.493 e. The number of nitrogens with zero attached hydrogens (tertiary/aromatic N) is 3. The van der Waals surface area contributed by atoms with E-state index in [-0.39, 0.29) is 12.1 Å². The molecule has 0 saturated carbocycles. The molecule has 1 saturated heterocycles. The average molecular weight is 436 g/mol. The van der Waals surface area contributed by atoms with E-state index < -0.39 is 0 Å². The summed E-state index contributed by atoms with van der Waals surface area (Å²) in [6.45, 7) is 4.56. The second-order valence-corrected chi connectivity index (χ2v) is 7.76. The molecule has 1 aliphatic heterocycles. The molecule has 168 valence electrons. The van der Waals surface area contributed by atoms with Crippen molar-refractivity contribution in [2.75, 3.05) is 25.0 Å². The molecule has 32 heavy (non-hydrogen) atoms. The number of hydrogen-bond acceptors (Lipinski definition) is 6. The Morgan fingerprint density at radius 1 is 1.16 bits per heavy atom. The second-order valence-electron chi connectivity index (χ2n) is 7.76. The van der Waals surface area contributed by atoms with Gasteiger partial charge < -0.3 is 19.9 Å². The van der Waals surface area contributed by atoms with Crippen molar-refractivity contribution in [2.24, 2.45) is 0 Å². The number of hydrogen-bond donors (Lipinski definition) is 2. The average Bonchev–Trinajstić information content (AvgIpc) is 3.28. The van der Waals surface area contributed by atoms with Crippen molar-refractivity contribution >= 4 is 11.7 Å². The number of likely N-dealkylation sites (tertiary alicyclic amines) is 1. The van der Waals surface area contributed by atoms with E-state index in [0.29, 0.717) is 31.4 Å². The predicted octanol–water partition coefficient (Wildman–Crippen LogP) is 4.31. The third-order valence-electron chi connectivity index (χ3n) is 5.51.